The zero-order valence-electron chi connectivity index (χ0n) is 4.21. The van der Waals surface area contributed by atoms with Crippen LogP contribution in [0.3, 0.4) is 0 Å². The Bertz CT molecular complexity index is 116. The van der Waals surface area contributed by atoms with Crippen LogP contribution in [0, 0.1) is 0 Å². The largest absolute Gasteiger partial charge is 1.00 e. The van der Waals surface area contributed by atoms with Crippen molar-refractivity contribution in [1.82, 2.24) is 4.83 Å². The van der Waals surface area contributed by atoms with Crippen molar-refractivity contribution < 1.29 is 48.0 Å². The molecule has 8 heavy (non-hydrogen) atoms. The van der Waals surface area contributed by atoms with Gasteiger partial charge in [0.1, 0.15) is 0 Å². The molecule has 0 bridgehead atoms. The van der Waals surface area contributed by atoms with E-state index in [1.807, 2.05) is 0 Å². The van der Waals surface area contributed by atoms with Crippen LogP contribution < -0.4 is 40.2 Å². The Hall–Kier alpha value is 0.790. The molecule has 0 atom stereocenters. The van der Waals surface area contributed by atoms with Crippen molar-refractivity contribution in [1.29, 1.82) is 0 Å². The number of rotatable bonds is 1. The van der Waals surface area contributed by atoms with Crippen LogP contribution in [0.25, 0.3) is 0 Å². The van der Waals surface area contributed by atoms with Crippen molar-refractivity contribution in [2.45, 2.75) is 0 Å². The van der Waals surface area contributed by atoms with Gasteiger partial charge in [-0.05, 0) is 0 Å². The van der Waals surface area contributed by atoms with Gasteiger partial charge in [-0.2, -0.15) is 4.83 Å². The average Bonchev–Trinajstić information content (AvgIpc) is 1.35. The van der Waals surface area contributed by atoms with Gasteiger partial charge in [0, 0.05) is 0 Å². The topological polar surface area (TPSA) is 127 Å². The first-order valence-electron chi connectivity index (χ1n) is 0.993. The number of nitrogens with one attached hydrogen (secondary N) is 1. The second-order valence-electron chi connectivity index (χ2n) is 0.572. The van der Waals surface area contributed by atoms with Crippen LogP contribution in [0.5, 0.6) is 0 Å². The first-order chi connectivity index (χ1) is 2.56. The van der Waals surface area contributed by atoms with Gasteiger partial charge in [-0.1, -0.05) is 0 Å². The van der Waals surface area contributed by atoms with Gasteiger partial charge in [0.2, 0.25) is 0 Å². The van der Waals surface area contributed by atoms with E-state index < -0.39 is 10.3 Å². The molecule has 0 radical (unpaired) electrons. The van der Waals surface area contributed by atoms with Crippen LogP contribution in [-0.4, -0.2) is 18.4 Å². The molecule has 0 fully saturated rings. The molecule has 6 nitrogen and oxygen atoms in total. The van der Waals surface area contributed by atoms with Crippen molar-refractivity contribution in [3.63, 3.8) is 0 Å². The van der Waals surface area contributed by atoms with Gasteiger partial charge in [-0.3, -0.25) is 5.84 Å². The van der Waals surface area contributed by atoms with Crippen LogP contribution in [0.15, 0.2) is 0 Å². The van der Waals surface area contributed by atoms with E-state index in [0.29, 0.717) is 0 Å². The molecule has 0 saturated heterocycles. The summed E-state index contributed by atoms with van der Waals surface area (Å²) in [5.74, 6) is 4.16. The van der Waals surface area contributed by atoms with E-state index in [0.717, 1.165) is 4.83 Å². The predicted octanol–water partition coefficient (Wildman–Crippen LogP) is -5.91. The van der Waals surface area contributed by atoms with Crippen LogP contribution in [0.2, 0.25) is 0 Å². The molecule has 0 amide bonds. The minimum Gasteiger partial charge on any atom is -0.735 e. The fourth-order valence-corrected chi connectivity index (χ4v) is 0. The van der Waals surface area contributed by atoms with Crippen LogP contribution >= 0.6 is 0 Å². The van der Waals surface area contributed by atoms with E-state index in [1.54, 1.807) is 0 Å². The monoisotopic (exact) mass is 152 g/mol. The number of nitrogens with two attached hydrogens (primary N) is 1. The first kappa shape index (κ1) is 15.9. The summed E-state index contributed by atoms with van der Waals surface area (Å²) >= 11 is 0. The number of hydrogen-bond donors (Lipinski definition) is 2. The summed E-state index contributed by atoms with van der Waals surface area (Å²) in [6.45, 7) is 0. The standard InChI is InChI=1S/H4N2O3S.Na.H2O/c1-2-6(3,4)5;;/h2H,1H2,(H,3,4,5);;1H2/q;+1;/p-1. The zero-order chi connectivity index (χ0) is 5.21. The average molecular weight is 152 g/mol. The summed E-state index contributed by atoms with van der Waals surface area (Å²) in [7, 11) is -4.38. The molecule has 5 N–H and O–H groups in total. The molecule has 8 heteroatoms. The Kier molecular flexibility index (Phi) is 11.8. The van der Waals surface area contributed by atoms with Gasteiger partial charge in [0.15, 0.2) is 10.3 Å². The third-order valence-corrected chi connectivity index (χ3v) is 0.433. The minimum absolute atomic E-state index is 0. The van der Waals surface area contributed by atoms with Gasteiger partial charge >= 0.3 is 29.6 Å². The summed E-state index contributed by atoms with van der Waals surface area (Å²) in [5, 5.41) is 0. The van der Waals surface area contributed by atoms with Crippen molar-refractivity contribution >= 4 is 10.3 Å². The van der Waals surface area contributed by atoms with Crippen molar-refractivity contribution in [3.8, 4) is 0 Å². The maximum absolute atomic E-state index is 9.21. The molecule has 0 aliphatic rings. The molecule has 0 aromatic heterocycles. The summed E-state index contributed by atoms with van der Waals surface area (Å²) in [6, 6.07) is 0. The van der Waals surface area contributed by atoms with E-state index in [2.05, 4.69) is 5.84 Å². The Morgan fingerprint density at radius 3 is 1.62 bits per heavy atom. The van der Waals surface area contributed by atoms with E-state index in [1.165, 1.54) is 0 Å². The molecule has 0 heterocycles. The Balaban J connectivity index is -0.000000125. The SMILES string of the molecule is NNS(=O)(=O)[O-].O.[Na+]. The summed E-state index contributed by atoms with van der Waals surface area (Å²) in [6.07, 6.45) is 0. The maximum Gasteiger partial charge on any atom is 1.00 e. The molecule has 0 spiro atoms. The Morgan fingerprint density at radius 1 is 1.50 bits per heavy atom. The molecular weight excluding hydrogens is 147 g/mol. The van der Waals surface area contributed by atoms with E-state index in [-0.39, 0.29) is 35.0 Å². The quantitative estimate of drug-likeness (QED) is 0.168. The van der Waals surface area contributed by atoms with E-state index in [9.17, 15) is 13.0 Å². The van der Waals surface area contributed by atoms with E-state index >= 15 is 0 Å². The van der Waals surface area contributed by atoms with E-state index in [4.69, 9.17) is 0 Å². The molecule has 0 aromatic rings. The second kappa shape index (κ2) is 5.92. The smallest absolute Gasteiger partial charge is 0.735 e. The van der Waals surface area contributed by atoms with Gasteiger partial charge in [0.25, 0.3) is 0 Å². The molecule has 0 unspecified atom stereocenters. The zero-order valence-corrected chi connectivity index (χ0v) is 7.03. The van der Waals surface area contributed by atoms with Crippen LogP contribution in [-0.2, 0) is 10.3 Å². The molecule has 0 aliphatic heterocycles. The van der Waals surface area contributed by atoms with Gasteiger partial charge in [0.05, 0.1) is 0 Å². The molecule has 0 saturated carbocycles. The number of hydrazine groups is 1. The summed E-state index contributed by atoms with van der Waals surface area (Å²) in [4.78, 5) is 1.02. The van der Waals surface area contributed by atoms with Crippen molar-refractivity contribution in [3.05, 3.63) is 0 Å². The fourth-order valence-electron chi connectivity index (χ4n) is 0. The van der Waals surface area contributed by atoms with Crippen LogP contribution in [0.4, 0.5) is 0 Å². The minimum atomic E-state index is -4.38. The summed E-state index contributed by atoms with van der Waals surface area (Å²) in [5.41, 5.74) is 0. The van der Waals surface area contributed by atoms with Crippen LogP contribution in [0.1, 0.15) is 0 Å². The predicted molar refractivity (Wildman–Crippen MR) is 20.6 cm³/mol. The second-order valence-corrected chi connectivity index (χ2v) is 1.72. The molecule has 46 valence electrons. The number of hydrogen-bond acceptors (Lipinski definition) is 4. The van der Waals surface area contributed by atoms with Crippen molar-refractivity contribution in [2.75, 3.05) is 0 Å². The third-order valence-electron chi connectivity index (χ3n) is 0.144. The molecule has 0 aliphatic carbocycles. The van der Waals surface area contributed by atoms with Gasteiger partial charge in [-0.25, -0.2) is 8.42 Å². The normalized spacial score (nSPS) is 8.75. The Morgan fingerprint density at radius 2 is 1.62 bits per heavy atom. The first-order valence-corrected chi connectivity index (χ1v) is 2.40. The van der Waals surface area contributed by atoms with Gasteiger partial charge in [-0.15, -0.1) is 0 Å². The maximum atomic E-state index is 9.21. The van der Waals surface area contributed by atoms with Gasteiger partial charge < -0.3 is 10.0 Å². The molecule has 0 aromatic carbocycles. The third kappa shape index (κ3) is 15.8. The fraction of sp³-hybridized carbons (Fsp3) is 0. The molecular formula is H5N2NaO4S. The summed E-state index contributed by atoms with van der Waals surface area (Å²) < 4.78 is 27.6. The Labute approximate surface area is 68.9 Å². The van der Waals surface area contributed by atoms with Crippen molar-refractivity contribution in [2.24, 2.45) is 5.84 Å². The molecule has 0 rings (SSSR count).